The fourth-order valence-electron chi connectivity index (χ4n) is 2.59. The van der Waals surface area contributed by atoms with Gasteiger partial charge in [-0.25, -0.2) is 4.79 Å². The molecule has 0 radical (unpaired) electrons. The number of amides is 1. The number of hydrogen-bond acceptors (Lipinski definition) is 5. The Balaban J connectivity index is 1.68. The molecule has 6 heteroatoms. The van der Waals surface area contributed by atoms with E-state index in [9.17, 15) is 10.1 Å². The van der Waals surface area contributed by atoms with Crippen molar-refractivity contribution < 1.29 is 9.53 Å². The maximum atomic E-state index is 12.0. The number of ether oxygens (including phenoxy) is 1. The van der Waals surface area contributed by atoms with Gasteiger partial charge in [-0.15, -0.1) is 11.3 Å². The summed E-state index contributed by atoms with van der Waals surface area (Å²) in [4.78, 5) is 15.3. The molecule has 0 aliphatic carbocycles. The molecule has 3 rings (SSSR count). The van der Waals surface area contributed by atoms with Crippen molar-refractivity contribution in [1.29, 1.82) is 5.26 Å². The van der Waals surface area contributed by atoms with Gasteiger partial charge >= 0.3 is 6.09 Å². The smallest absolute Gasteiger partial charge is 0.412 e. The summed E-state index contributed by atoms with van der Waals surface area (Å²) in [7, 11) is 2.05. The van der Waals surface area contributed by atoms with Gasteiger partial charge in [-0.2, -0.15) is 5.26 Å². The second-order valence-electron chi connectivity index (χ2n) is 5.49. The minimum absolute atomic E-state index is 0.211. The maximum absolute atomic E-state index is 12.0. The van der Waals surface area contributed by atoms with Gasteiger partial charge in [0.1, 0.15) is 17.7 Å². The van der Waals surface area contributed by atoms with Crippen LogP contribution in [0.3, 0.4) is 0 Å². The standard InChI is InChI=1S/C17H17N3O2S/c1-20-8-7-13-14(9-18)16(23-15(13)10-20)19-17(21)22-11-12-5-3-2-4-6-12/h2-6H,7-8,10-11H2,1H3,(H,19,21). The average molecular weight is 327 g/mol. The van der Waals surface area contributed by atoms with E-state index < -0.39 is 6.09 Å². The largest absolute Gasteiger partial charge is 0.444 e. The third-order valence-electron chi connectivity index (χ3n) is 3.79. The summed E-state index contributed by atoms with van der Waals surface area (Å²) in [6.07, 6.45) is 0.309. The van der Waals surface area contributed by atoms with Crippen molar-refractivity contribution in [2.24, 2.45) is 0 Å². The second kappa shape index (κ2) is 6.82. The van der Waals surface area contributed by atoms with Gasteiger partial charge in [0.05, 0.1) is 5.56 Å². The van der Waals surface area contributed by atoms with Crippen molar-refractivity contribution >= 4 is 22.4 Å². The van der Waals surface area contributed by atoms with Crippen LogP contribution in [0, 0.1) is 11.3 Å². The molecule has 1 aliphatic rings. The molecule has 5 nitrogen and oxygen atoms in total. The Hall–Kier alpha value is -2.36. The fourth-order valence-corrected chi connectivity index (χ4v) is 3.85. The van der Waals surface area contributed by atoms with Crippen molar-refractivity contribution in [3.8, 4) is 6.07 Å². The van der Waals surface area contributed by atoms with Crippen LogP contribution < -0.4 is 5.32 Å². The highest BCUT2D eigenvalue weighted by Crippen LogP contribution is 2.36. The molecule has 0 saturated carbocycles. The Bertz CT molecular complexity index is 749. The maximum Gasteiger partial charge on any atom is 0.412 e. The lowest BCUT2D eigenvalue weighted by Crippen LogP contribution is -2.25. The van der Waals surface area contributed by atoms with Crippen LogP contribution in [0.25, 0.3) is 0 Å². The Morgan fingerprint density at radius 2 is 2.22 bits per heavy atom. The number of benzene rings is 1. The van der Waals surface area contributed by atoms with E-state index in [1.807, 2.05) is 30.3 Å². The van der Waals surface area contributed by atoms with E-state index in [-0.39, 0.29) is 6.61 Å². The van der Waals surface area contributed by atoms with Gasteiger partial charge in [-0.05, 0) is 24.6 Å². The minimum atomic E-state index is -0.530. The number of anilines is 1. The van der Waals surface area contributed by atoms with Crippen molar-refractivity contribution in [3.63, 3.8) is 0 Å². The van der Waals surface area contributed by atoms with Crippen LogP contribution in [0.2, 0.25) is 0 Å². The third-order valence-corrected chi connectivity index (χ3v) is 4.92. The van der Waals surface area contributed by atoms with Crippen molar-refractivity contribution in [2.45, 2.75) is 19.6 Å². The molecular formula is C17H17N3O2S. The second-order valence-corrected chi connectivity index (χ2v) is 6.60. The zero-order valence-corrected chi connectivity index (χ0v) is 13.7. The highest BCUT2D eigenvalue weighted by atomic mass is 32.1. The molecule has 0 bridgehead atoms. The molecule has 0 unspecified atom stereocenters. The fraction of sp³-hybridized carbons (Fsp3) is 0.294. The van der Waals surface area contributed by atoms with Crippen LogP contribution in [0.5, 0.6) is 0 Å². The zero-order chi connectivity index (χ0) is 16.2. The summed E-state index contributed by atoms with van der Waals surface area (Å²) >= 11 is 1.46. The molecule has 1 N–H and O–H groups in total. The monoisotopic (exact) mass is 327 g/mol. The van der Waals surface area contributed by atoms with E-state index in [0.29, 0.717) is 10.6 Å². The van der Waals surface area contributed by atoms with Gasteiger partial charge < -0.3 is 9.64 Å². The summed E-state index contributed by atoms with van der Waals surface area (Å²) in [6, 6.07) is 11.7. The highest BCUT2D eigenvalue weighted by Gasteiger charge is 2.24. The average Bonchev–Trinajstić information content (AvgIpc) is 2.89. The number of nitrogens with one attached hydrogen (secondary N) is 1. The van der Waals surface area contributed by atoms with Gasteiger partial charge in [-0.1, -0.05) is 30.3 Å². The van der Waals surface area contributed by atoms with Crippen LogP contribution in [0.4, 0.5) is 9.80 Å². The number of rotatable bonds is 3. The Kier molecular flexibility index (Phi) is 4.60. The molecule has 1 amide bonds. The first kappa shape index (κ1) is 15.5. The summed E-state index contributed by atoms with van der Waals surface area (Å²) in [5.74, 6) is 0. The Labute approximate surface area is 139 Å². The molecule has 118 valence electrons. The quantitative estimate of drug-likeness (QED) is 0.939. The molecule has 23 heavy (non-hydrogen) atoms. The Morgan fingerprint density at radius 1 is 1.43 bits per heavy atom. The van der Waals surface area contributed by atoms with Gasteiger partial charge in [0.15, 0.2) is 0 Å². The SMILES string of the molecule is CN1CCc2c(sc(NC(=O)OCc3ccccc3)c2C#N)C1. The molecule has 0 atom stereocenters. The molecule has 1 aromatic carbocycles. The van der Waals surface area contributed by atoms with E-state index in [1.54, 1.807) is 0 Å². The number of likely N-dealkylation sites (N-methyl/N-ethyl adjacent to an activating group) is 1. The summed E-state index contributed by atoms with van der Waals surface area (Å²) in [6.45, 7) is 1.95. The first-order chi connectivity index (χ1) is 11.2. The lowest BCUT2D eigenvalue weighted by atomic mass is 10.0. The molecule has 1 aromatic heterocycles. The van der Waals surface area contributed by atoms with Gasteiger partial charge in [-0.3, -0.25) is 5.32 Å². The normalized spacial score (nSPS) is 13.9. The number of hydrogen-bond donors (Lipinski definition) is 1. The predicted octanol–water partition coefficient (Wildman–Crippen LogP) is 3.36. The van der Waals surface area contributed by atoms with Gasteiger partial charge in [0.25, 0.3) is 0 Å². The predicted molar refractivity (Wildman–Crippen MR) is 89.3 cm³/mol. The molecule has 0 saturated heterocycles. The number of nitriles is 1. The zero-order valence-electron chi connectivity index (χ0n) is 12.8. The van der Waals surface area contributed by atoms with Crippen LogP contribution in [-0.2, 0) is 24.3 Å². The summed E-state index contributed by atoms with van der Waals surface area (Å²) in [5.41, 5.74) is 2.57. The van der Waals surface area contributed by atoms with Crippen LogP contribution >= 0.6 is 11.3 Å². The van der Waals surface area contributed by atoms with E-state index >= 15 is 0 Å². The lowest BCUT2D eigenvalue weighted by molar-refractivity contribution is 0.155. The molecule has 2 aromatic rings. The molecular weight excluding hydrogens is 310 g/mol. The summed E-state index contributed by atoms with van der Waals surface area (Å²) in [5, 5.41) is 12.7. The summed E-state index contributed by atoms with van der Waals surface area (Å²) < 4.78 is 5.22. The number of carbonyl (C=O) groups excluding carboxylic acids is 1. The highest BCUT2D eigenvalue weighted by molar-refractivity contribution is 7.16. The van der Waals surface area contributed by atoms with E-state index in [0.717, 1.165) is 35.5 Å². The van der Waals surface area contributed by atoms with Gasteiger partial charge in [0.2, 0.25) is 0 Å². The van der Waals surface area contributed by atoms with Crippen molar-refractivity contribution in [2.75, 3.05) is 18.9 Å². The minimum Gasteiger partial charge on any atom is -0.444 e. The lowest BCUT2D eigenvalue weighted by Gasteiger charge is -2.21. The van der Waals surface area contributed by atoms with Crippen molar-refractivity contribution in [3.05, 3.63) is 51.9 Å². The third kappa shape index (κ3) is 3.52. The number of fused-ring (bicyclic) bond motifs is 1. The molecule has 1 aliphatic heterocycles. The first-order valence-corrected chi connectivity index (χ1v) is 8.20. The number of carbonyl (C=O) groups is 1. The number of nitrogens with zero attached hydrogens (tertiary/aromatic N) is 2. The van der Waals surface area contributed by atoms with Crippen molar-refractivity contribution in [1.82, 2.24) is 4.90 Å². The topological polar surface area (TPSA) is 65.4 Å². The van der Waals surface area contributed by atoms with Gasteiger partial charge in [0, 0.05) is 18.0 Å². The first-order valence-electron chi connectivity index (χ1n) is 7.38. The van der Waals surface area contributed by atoms with Crippen LogP contribution in [0.15, 0.2) is 30.3 Å². The molecule has 0 fully saturated rings. The van der Waals surface area contributed by atoms with Crippen LogP contribution in [-0.4, -0.2) is 24.6 Å². The van der Waals surface area contributed by atoms with Crippen LogP contribution in [0.1, 0.15) is 21.6 Å². The van der Waals surface area contributed by atoms with E-state index in [1.165, 1.54) is 11.3 Å². The van der Waals surface area contributed by atoms with E-state index in [4.69, 9.17) is 4.74 Å². The number of thiophene rings is 1. The Morgan fingerprint density at radius 3 is 2.96 bits per heavy atom. The molecule has 0 spiro atoms. The molecule has 2 heterocycles. The van der Waals surface area contributed by atoms with E-state index in [2.05, 4.69) is 23.3 Å².